The molecule has 1 saturated heterocycles. The van der Waals surface area contributed by atoms with E-state index >= 15 is 0 Å². The highest BCUT2D eigenvalue weighted by Crippen LogP contribution is 2.26. The molecule has 0 bridgehead atoms. The lowest BCUT2D eigenvalue weighted by Crippen LogP contribution is -2.44. The van der Waals surface area contributed by atoms with Gasteiger partial charge in [0.1, 0.15) is 0 Å². The summed E-state index contributed by atoms with van der Waals surface area (Å²) in [4.78, 5) is 2.59. The summed E-state index contributed by atoms with van der Waals surface area (Å²) < 4.78 is 0. The molecule has 102 valence electrons. The smallest absolute Gasteiger partial charge is 0.0191 e. The number of rotatable bonds is 8. The molecule has 0 radical (unpaired) electrons. The first-order valence-electron chi connectivity index (χ1n) is 7.10. The van der Waals surface area contributed by atoms with E-state index in [-0.39, 0.29) is 0 Å². The average Bonchev–Trinajstić information content (AvgIpc) is 2.83. The minimum atomic E-state index is 0.428. The van der Waals surface area contributed by atoms with Crippen molar-refractivity contribution >= 4 is 11.8 Å². The van der Waals surface area contributed by atoms with Gasteiger partial charge in [-0.1, -0.05) is 20.8 Å². The molecule has 0 aromatic heterocycles. The van der Waals surface area contributed by atoms with Gasteiger partial charge in [0.15, 0.2) is 0 Å². The largest absolute Gasteiger partial charge is 0.316 e. The fourth-order valence-corrected chi connectivity index (χ4v) is 3.76. The van der Waals surface area contributed by atoms with Crippen molar-refractivity contribution in [1.82, 2.24) is 10.2 Å². The first-order chi connectivity index (χ1) is 8.11. The molecule has 0 spiro atoms. The van der Waals surface area contributed by atoms with Crippen LogP contribution >= 0.6 is 11.8 Å². The summed E-state index contributed by atoms with van der Waals surface area (Å²) in [7, 11) is 2.31. The van der Waals surface area contributed by atoms with Crippen LogP contribution in [-0.4, -0.2) is 49.1 Å². The maximum Gasteiger partial charge on any atom is 0.0191 e. The Morgan fingerprint density at radius 1 is 1.41 bits per heavy atom. The summed E-state index contributed by atoms with van der Waals surface area (Å²) in [5, 5.41) is 3.59. The standard InChI is InChI=1S/C14H30N2S/c1-5-8-15-11-14(3,6-2)12-16(4)13-7-9-17-10-13/h13,15H,5-12H2,1-4H3. The Kier molecular flexibility index (Phi) is 6.90. The van der Waals surface area contributed by atoms with Gasteiger partial charge in [0, 0.05) is 24.9 Å². The Bertz CT molecular complexity index is 204. The summed E-state index contributed by atoms with van der Waals surface area (Å²) >= 11 is 2.11. The van der Waals surface area contributed by atoms with Crippen molar-refractivity contribution in [2.45, 2.75) is 46.1 Å². The maximum absolute atomic E-state index is 3.59. The average molecular weight is 258 g/mol. The zero-order valence-electron chi connectivity index (χ0n) is 12.1. The van der Waals surface area contributed by atoms with Crippen molar-refractivity contribution in [1.29, 1.82) is 0 Å². The fraction of sp³-hybridized carbons (Fsp3) is 1.00. The van der Waals surface area contributed by atoms with E-state index in [9.17, 15) is 0 Å². The van der Waals surface area contributed by atoms with Gasteiger partial charge in [-0.25, -0.2) is 0 Å². The molecule has 2 nitrogen and oxygen atoms in total. The van der Waals surface area contributed by atoms with Gasteiger partial charge in [-0.3, -0.25) is 0 Å². The minimum absolute atomic E-state index is 0.428. The number of hydrogen-bond donors (Lipinski definition) is 1. The van der Waals surface area contributed by atoms with E-state index in [1.807, 2.05) is 0 Å². The first-order valence-corrected chi connectivity index (χ1v) is 8.25. The predicted octanol–water partition coefficient (Wildman–Crippen LogP) is 2.84. The fourth-order valence-electron chi connectivity index (χ4n) is 2.46. The van der Waals surface area contributed by atoms with E-state index in [0.717, 1.165) is 19.1 Å². The first kappa shape index (κ1) is 15.3. The summed E-state index contributed by atoms with van der Waals surface area (Å²) in [6, 6.07) is 0.817. The van der Waals surface area contributed by atoms with Crippen molar-refractivity contribution in [3.63, 3.8) is 0 Å². The van der Waals surface area contributed by atoms with E-state index in [1.165, 1.54) is 37.3 Å². The van der Waals surface area contributed by atoms with E-state index in [2.05, 4.69) is 49.8 Å². The second kappa shape index (κ2) is 7.65. The highest BCUT2D eigenvalue weighted by Gasteiger charge is 2.28. The van der Waals surface area contributed by atoms with Gasteiger partial charge in [0.05, 0.1) is 0 Å². The van der Waals surface area contributed by atoms with Crippen molar-refractivity contribution in [3.05, 3.63) is 0 Å². The molecule has 0 saturated carbocycles. The van der Waals surface area contributed by atoms with Crippen LogP contribution in [0.5, 0.6) is 0 Å². The molecule has 2 atom stereocenters. The third kappa shape index (κ3) is 5.19. The van der Waals surface area contributed by atoms with E-state index in [1.54, 1.807) is 0 Å². The summed E-state index contributed by atoms with van der Waals surface area (Å²) in [6.07, 6.45) is 3.87. The SMILES string of the molecule is CCCNCC(C)(CC)CN(C)C1CCSC1. The Balaban J connectivity index is 2.37. The summed E-state index contributed by atoms with van der Waals surface area (Å²) in [5.74, 6) is 2.69. The molecular formula is C14H30N2S. The second-order valence-electron chi connectivity index (χ2n) is 5.77. The van der Waals surface area contributed by atoms with Gasteiger partial charge in [0.2, 0.25) is 0 Å². The molecule has 0 aromatic carbocycles. The van der Waals surface area contributed by atoms with Gasteiger partial charge in [0.25, 0.3) is 0 Å². The van der Waals surface area contributed by atoms with Crippen LogP contribution in [0.2, 0.25) is 0 Å². The van der Waals surface area contributed by atoms with Crippen molar-refractivity contribution < 1.29 is 0 Å². The molecule has 2 unspecified atom stereocenters. The van der Waals surface area contributed by atoms with E-state index in [4.69, 9.17) is 0 Å². The Hall–Kier alpha value is 0.270. The predicted molar refractivity (Wildman–Crippen MR) is 79.9 cm³/mol. The molecule has 17 heavy (non-hydrogen) atoms. The topological polar surface area (TPSA) is 15.3 Å². The van der Waals surface area contributed by atoms with Crippen LogP contribution in [0.15, 0.2) is 0 Å². The lowest BCUT2D eigenvalue weighted by molar-refractivity contribution is 0.150. The maximum atomic E-state index is 3.59. The van der Waals surface area contributed by atoms with Gasteiger partial charge in [-0.05, 0) is 44.0 Å². The number of thioether (sulfide) groups is 1. The van der Waals surface area contributed by atoms with E-state index < -0.39 is 0 Å². The number of nitrogens with zero attached hydrogens (tertiary/aromatic N) is 1. The molecule has 1 aliphatic rings. The Morgan fingerprint density at radius 3 is 2.71 bits per heavy atom. The molecule has 3 heteroatoms. The van der Waals surface area contributed by atoms with Gasteiger partial charge in [-0.2, -0.15) is 11.8 Å². The van der Waals surface area contributed by atoms with Crippen LogP contribution in [0, 0.1) is 5.41 Å². The second-order valence-corrected chi connectivity index (χ2v) is 6.92. The van der Waals surface area contributed by atoms with Gasteiger partial charge in [-0.15, -0.1) is 0 Å². The lowest BCUT2D eigenvalue weighted by Gasteiger charge is -2.36. The Labute approximate surface area is 112 Å². The molecule has 1 rings (SSSR count). The normalized spacial score (nSPS) is 24.2. The van der Waals surface area contributed by atoms with Crippen molar-refractivity contribution in [2.24, 2.45) is 5.41 Å². The van der Waals surface area contributed by atoms with E-state index in [0.29, 0.717) is 5.41 Å². The molecular weight excluding hydrogens is 228 g/mol. The molecule has 1 heterocycles. The monoisotopic (exact) mass is 258 g/mol. The van der Waals surface area contributed by atoms with Gasteiger partial charge < -0.3 is 10.2 Å². The van der Waals surface area contributed by atoms with Crippen LogP contribution in [0.25, 0.3) is 0 Å². The molecule has 0 amide bonds. The third-order valence-corrected chi connectivity index (χ3v) is 5.14. The summed E-state index contributed by atoms with van der Waals surface area (Å²) in [6.45, 7) is 10.5. The number of hydrogen-bond acceptors (Lipinski definition) is 3. The van der Waals surface area contributed by atoms with Crippen LogP contribution in [0.1, 0.15) is 40.0 Å². The van der Waals surface area contributed by atoms with Crippen molar-refractivity contribution in [3.8, 4) is 0 Å². The third-order valence-electron chi connectivity index (χ3n) is 3.99. The zero-order chi connectivity index (χ0) is 12.7. The molecule has 1 aliphatic heterocycles. The molecule has 1 N–H and O–H groups in total. The zero-order valence-corrected chi connectivity index (χ0v) is 12.9. The van der Waals surface area contributed by atoms with Crippen LogP contribution in [0.4, 0.5) is 0 Å². The molecule has 0 aromatic rings. The molecule has 0 aliphatic carbocycles. The van der Waals surface area contributed by atoms with Crippen molar-refractivity contribution in [2.75, 3.05) is 38.2 Å². The molecule has 1 fully saturated rings. The lowest BCUT2D eigenvalue weighted by atomic mass is 9.86. The quantitative estimate of drug-likeness (QED) is 0.674. The van der Waals surface area contributed by atoms with Gasteiger partial charge >= 0.3 is 0 Å². The summed E-state index contributed by atoms with van der Waals surface area (Å²) in [5.41, 5.74) is 0.428. The Morgan fingerprint density at radius 2 is 2.18 bits per heavy atom. The minimum Gasteiger partial charge on any atom is -0.316 e. The highest BCUT2D eigenvalue weighted by atomic mass is 32.2. The highest BCUT2D eigenvalue weighted by molar-refractivity contribution is 7.99. The van der Waals surface area contributed by atoms with Crippen LogP contribution in [0.3, 0.4) is 0 Å². The van der Waals surface area contributed by atoms with Crippen LogP contribution < -0.4 is 5.32 Å². The van der Waals surface area contributed by atoms with Crippen LogP contribution in [-0.2, 0) is 0 Å². The number of nitrogens with one attached hydrogen (secondary N) is 1.